The molecular weight excluding hydrogens is 216 g/mol. The highest BCUT2D eigenvalue weighted by atomic mass is 16.6. The number of carbonyl (C=O) groups is 1. The summed E-state index contributed by atoms with van der Waals surface area (Å²) in [5, 5.41) is 2.70. The molecule has 4 nitrogen and oxygen atoms in total. The Morgan fingerprint density at radius 3 is 2.88 bits per heavy atom. The number of aliphatic imine (C=N–C) groups is 1. The van der Waals surface area contributed by atoms with Gasteiger partial charge >= 0.3 is 6.09 Å². The van der Waals surface area contributed by atoms with Crippen molar-refractivity contribution in [2.24, 2.45) is 4.99 Å². The Balaban J connectivity index is 2.03. The summed E-state index contributed by atoms with van der Waals surface area (Å²) in [6, 6.07) is 9.96. The second kappa shape index (κ2) is 5.48. The van der Waals surface area contributed by atoms with Crippen molar-refractivity contribution < 1.29 is 9.53 Å². The number of cyclic esters (lactones) is 1. The fraction of sp³-hybridized carbons (Fsp3) is 0.385. The number of carbonyl (C=O) groups excluding carboxylic acids is 1. The molecule has 90 valence electrons. The Morgan fingerprint density at radius 1 is 1.41 bits per heavy atom. The highest BCUT2D eigenvalue weighted by Gasteiger charge is 2.33. The zero-order chi connectivity index (χ0) is 12.1. The summed E-state index contributed by atoms with van der Waals surface area (Å²) in [5.41, 5.74) is 1.14. The third-order valence-corrected chi connectivity index (χ3v) is 2.60. The third kappa shape index (κ3) is 3.06. The van der Waals surface area contributed by atoms with E-state index in [0.717, 1.165) is 12.0 Å². The minimum absolute atomic E-state index is 0.215. The SMILES string of the molecule is CC/C=N/C1NC(=O)O[C@@H]1Cc1ccccc1. The van der Waals surface area contributed by atoms with E-state index >= 15 is 0 Å². The number of nitrogens with zero attached hydrogens (tertiary/aromatic N) is 1. The van der Waals surface area contributed by atoms with Crippen LogP contribution in [0.5, 0.6) is 0 Å². The van der Waals surface area contributed by atoms with Gasteiger partial charge in [-0.15, -0.1) is 0 Å². The molecule has 0 radical (unpaired) electrons. The van der Waals surface area contributed by atoms with E-state index in [4.69, 9.17) is 4.74 Å². The number of ether oxygens (including phenoxy) is 1. The van der Waals surface area contributed by atoms with Crippen molar-refractivity contribution in [1.82, 2.24) is 5.32 Å². The van der Waals surface area contributed by atoms with Crippen molar-refractivity contribution in [2.75, 3.05) is 0 Å². The highest BCUT2D eigenvalue weighted by Crippen LogP contribution is 2.15. The largest absolute Gasteiger partial charge is 0.442 e. The second-order valence-corrected chi connectivity index (χ2v) is 3.96. The van der Waals surface area contributed by atoms with Gasteiger partial charge in [-0.3, -0.25) is 10.3 Å². The lowest BCUT2D eigenvalue weighted by Crippen LogP contribution is -2.30. The van der Waals surface area contributed by atoms with E-state index in [2.05, 4.69) is 10.3 Å². The molecule has 1 aromatic rings. The molecule has 1 heterocycles. The minimum Gasteiger partial charge on any atom is -0.442 e. The first-order valence-corrected chi connectivity index (χ1v) is 5.82. The molecule has 0 saturated carbocycles. The molecule has 2 atom stereocenters. The normalized spacial score (nSPS) is 23.7. The van der Waals surface area contributed by atoms with E-state index in [1.807, 2.05) is 37.3 Å². The minimum atomic E-state index is -0.385. The van der Waals surface area contributed by atoms with E-state index in [1.165, 1.54) is 0 Å². The van der Waals surface area contributed by atoms with Crippen LogP contribution in [-0.4, -0.2) is 24.6 Å². The summed E-state index contributed by atoms with van der Waals surface area (Å²) in [6.45, 7) is 2.01. The van der Waals surface area contributed by atoms with Crippen LogP contribution in [0.4, 0.5) is 4.79 Å². The van der Waals surface area contributed by atoms with Gasteiger partial charge in [0.15, 0.2) is 6.17 Å². The molecule has 4 heteroatoms. The molecule has 17 heavy (non-hydrogen) atoms. The van der Waals surface area contributed by atoms with Gasteiger partial charge < -0.3 is 4.74 Å². The van der Waals surface area contributed by atoms with Crippen LogP contribution < -0.4 is 5.32 Å². The molecule has 1 saturated heterocycles. The fourth-order valence-corrected chi connectivity index (χ4v) is 1.80. The van der Waals surface area contributed by atoms with E-state index < -0.39 is 0 Å². The molecular formula is C13H16N2O2. The van der Waals surface area contributed by atoms with Gasteiger partial charge in [0.1, 0.15) is 6.10 Å². The van der Waals surface area contributed by atoms with E-state index in [0.29, 0.717) is 6.42 Å². The first kappa shape index (κ1) is 11.6. The number of benzene rings is 1. The second-order valence-electron chi connectivity index (χ2n) is 3.96. The molecule has 0 aromatic heterocycles. The molecule has 1 N–H and O–H groups in total. The first-order chi connectivity index (χ1) is 8.29. The van der Waals surface area contributed by atoms with Crippen LogP contribution in [0.15, 0.2) is 35.3 Å². The quantitative estimate of drug-likeness (QED) is 0.808. The Bertz CT molecular complexity index is 403. The number of alkyl carbamates (subject to hydrolysis) is 1. The lowest BCUT2D eigenvalue weighted by atomic mass is 10.1. The van der Waals surface area contributed by atoms with Gasteiger partial charge in [-0.1, -0.05) is 37.3 Å². The predicted molar refractivity (Wildman–Crippen MR) is 66.1 cm³/mol. The average Bonchev–Trinajstić information content (AvgIpc) is 2.68. The van der Waals surface area contributed by atoms with Gasteiger partial charge in [-0.05, 0) is 12.0 Å². The zero-order valence-electron chi connectivity index (χ0n) is 9.80. The van der Waals surface area contributed by atoms with Crippen LogP contribution in [0.2, 0.25) is 0 Å². The Labute approximate surface area is 101 Å². The van der Waals surface area contributed by atoms with Gasteiger partial charge in [-0.2, -0.15) is 0 Å². The van der Waals surface area contributed by atoms with Crippen LogP contribution in [0, 0.1) is 0 Å². The van der Waals surface area contributed by atoms with E-state index in [9.17, 15) is 4.79 Å². The fourth-order valence-electron chi connectivity index (χ4n) is 1.80. The molecule has 1 aliphatic heterocycles. The number of hydrogen-bond donors (Lipinski definition) is 1. The maximum absolute atomic E-state index is 11.2. The molecule has 0 aliphatic carbocycles. The van der Waals surface area contributed by atoms with Gasteiger partial charge in [0.25, 0.3) is 0 Å². The van der Waals surface area contributed by atoms with Crippen molar-refractivity contribution in [1.29, 1.82) is 0 Å². The summed E-state index contributed by atoms with van der Waals surface area (Å²) >= 11 is 0. The van der Waals surface area contributed by atoms with E-state index in [-0.39, 0.29) is 18.4 Å². The Hall–Kier alpha value is -1.84. The molecule has 1 aliphatic rings. The third-order valence-electron chi connectivity index (χ3n) is 2.60. The van der Waals surface area contributed by atoms with Crippen molar-refractivity contribution in [3.63, 3.8) is 0 Å². The molecule has 0 spiro atoms. The van der Waals surface area contributed by atoms with Crippen LogP contribution in [0.3, 0.4) is 0 Å². The number of hydrogen-bond acceptors (Lipinski definition) is 3. The summed E-state index contributed by atoms with van der Waals surface area (Å²) in [7, 11) is 0. The summed E-state index contributed by atoms with van der Waals surface area (Å²) in [4.78, 5) is 15.5. The maximum atomic E-state index is 11.2. The van der Waals surface area contributed by atoms with Crippen molar-refractivity contribution >= 4 is 12.3 Å². The molecule has 0 bridgehead atoms. The average molecular weight is 232 g/mol. The van der Waals surface area contributed by atoms with Crippen LogP contribution in [-0.2, 0) is 11.2 Å². The highest BCUT2D eigenvalue weighted by molar-refractivity contribution is 5.71. The topological polar surface area (TPSA) is 50.7 Å². The monoisotopic (exact) mass is 232 g/mol. The van der Waals surface area contributed by atoms with Gasteiger partial charge in [0.2, 0.25) is 0 Å². The molecule has 1 unspecified atom stereocenters. The molecule has 1 amide bonds. The van der Waals surface area contributed by atoms with Gasteiger partial charge in [0, 0.05) is 12.6 Å². The Kier molecular flexibility index (Phi) is 3.75. The predicted octanol–water partition coefficient (Wildman–Crippen LogP) is 2.14. The number of nitrogens with one attached hydrogen (secondary N) is 1. The number of rotatable bonds is 4. The summed E-state index contributed by atoms with van der Waals surface area (Å²) in [6.07, 6.45) is 2.48. The summed E-state index contributed by atoms with van der Waals surface area (Å²) in [5.74, 6) is 0. The standard InChI is InChI=1S/C13H16N2O2/c1-2-8-14-12-11(17-13(16)15-12)9-10-6-4-3-5-7-10/h3-8,11-12H,2,9H2,1H3,(H,15,16)/b14-8+/t11-,12?/m1/s1. The van der Waals surface area contributed by atoms with Gasteiger partial charge in [0.05, 0.1) is 0 Å². The van der Waals surface area contributed by atoms with Gasteiger partial charge in [-0.25, -0.2) is 4.79 Å². The lowest BCUT2D eigenvalue weighted by molar-refractivity contribution is 0.132. The molecule has 2 rings (SSSR count). The van der Waals surface area contributed by atoms with E-state index in [1.54, 1.807) is 6.21 Å². The zero-order valence-corrected chi connectivity index (χ0v) is 9.80. The van der Waals surface area contributed by atoms with Crippen molar-refractivity contribution in [3.05, 3.63) is 35.9 Å². The van der Waals surface area contributed by atoms with Crippen LogP contribution >= 0.6 is 0 Å². The Morgan fingerprint density at radius 2 is 2.18 bits per heavy atom. The molecule has 1 aromatic carbocycles. The van der Waals surface area contributed by atoms with Crippen LogP contribution in [0.1, 0.15) is 18.9 Å². The number of amides is 1. The smallest absolute Gasteiger partial charge is 0.409 e. The summed E-state index contributed by atoms with van der Waals surface area (Å²) < 4.78 is 5.21. The van der Waals surface area contributed by atoms with Crippen LogP contribution in [0.25, 0.3) is 0 Å². The molecule has 1 fully saturated rings. The first-order valence-electron chi connectivity index (χ1n) is 5.82. The lowest BCUT2D eigenvalue weighted by Gasteiger charge is -2.12. The van der Waals surface area contributed by atoms with Crippen molar-refractivity contribution in [2.45, 2.75) is 32.0 Å². The van der Waals surface area contributed by atoms with Crippen molar-refractivity contribution in [3.8, 4) is 0 Å². The maximum Gasteiger partial charge on any atom is 0.409 e.